The number of nitrogens with one attached hydrogen (secondary N) is 2. The van der Waals surface area contributed by atoms with E-state index in [1.165, 1.54) is 12.8 Å². The van der Waals surface area contributed by atoms with Crippen LogP contribution in [0.2, 0.25) is 0 Å². The summed E-state index contributed by atoms with van der Waals surface area (Å²) in [5.74, 6) is 0.500. The first kappa shape index (κ1) is 14.7. The third-order valence-electron chi connectivity index (χ3n) is 4.27. The zero-order chi connectivity index (χ0) is 13.8. The van der Waals surface area contributed by atoms with Crippen LogP contribution in [0, 0.1) is 5.92 Å². The van der Waals surface area contributed by atoms with E-state index in [0.717, 1.165) is 12.8 Å². The summed E-state index contributed by atoms with van der Waals surface area (Å²) < 4.78 is 0. The molecule has 5 N–H and O–H groups in total. The third kappa shape index (κ3) is 3.66. The number of carbonyl (C=O) groups is 1. The molecule has 6 heteroatoms. The van der Waals surface area contributed by atoms with E-state index >= 15 is 0 Å². The molecule has 1 saturated heterocycles. The standard InChI is InChI=1S/C13H24N2O4/c16-7-10-13(19)12(18)9(15-10)6-14-11(17)5-8-3-1-2-4-8/h8-10,12-13,15-16,18-19H,1-7H2,(H,14,17)/t9-,10+,12+,13-/m0/s1. The summed E-state index contributed by atoms with van der Waals surface area (Å²) in [5.41, 5.74) is 0. The molecule has 19 heavy (non-hydrogen) atoms. The molecule has 0 bridgehead atoms. The maximum atomic E-state index is 11.8. The van der Waals surface area contributed by atoms with Crippen molar-refractivity contribution in [3.63, 3.8) is 0 Å². The summed E-state index contributed by atoms with van der Waals surface area (Å²) in [6.45, 7) is 0.0467. The predicted octanol–water partition coefficient (Wildman–Crippen LogP) is -1.26. The Bertz CT molecular complexity index is 307. The van der Waals surface area contributed by atoms with Crippen LogP contribution in [0.1, 0.15) is 32.1 Å². The smallest absolute Gasteiger partial charge is 0.220 e. The molecule has 0 unspecified atom stereocenters. The highest BCUT2D eigenvalue weighted by Gasteiger charge is 2.40. The number of aliphatic hydroxyl groups excluding tert-OH is 3. The molecule has 1 amide bonds. The minimum atomic E-state index is -0.985. The zero-order valence-electron chi connectivity index (χ0n) is 11.1. The first-order valence-electron chi connectivity index (χ1n) is 7.11. The molecule has 1 aliphatic heterocycles. The van der Waals surface area contributed by atoms with E-state index in [4.69, 9.17) is 5.11 Å². The van der Waals surface area contributed by atoms with Crippen molar-refractivity contribution in [3.8, 4) is 0 Å². The fourth-order valence-electron chi connectivity index (χ4n) is 3.06. The lowest BCUT2D eigenvalue weighted by Gasteiger charge is -2.17. The van der Waals surface area contributed by atoms with Crippen molar-refractivity contribution in [2.75, 3.05) is 13.2 Å². The van der Waals surface area contributed by atoms with Gasteiger partial charge in [-0.2, -0.15) is 0 Å². The molecule has 4 atom stereocenters. The maximum absolute atomic E-state index is 11.8. The molecule has 0 aromatic rings. The maximum Gasteiger partial charge on any atom is 0.220 e. The summed E-state index contributed by atoms with van der Waals surface area (Å²) in [6.07, 6.45) is 3.29. The monoisotopic (exact) mass is 272 g/mol. The number of aliphatic hydroxyl groups is 3. The summed E-state index contributed by atoms with van der Waals surface area (Å²) in [7, 11) is 0. The van der Waals surface area contributed by atoms with Crippen molar-refractivity contribution >= 4 is 5.91 Å². The molecule has 6 nitrogen and oxygen atoms in total. The average Bonchev–Trinajstić information content (AvgIpc) is 2.98. The lowest BCUT2D eigenvalue weighted by atomic mass is 10.0. The molecular formula is C13H24N2O4. The van der Waals surface area contributed by atoms with Crippen LogP contribution >= 0.6 is 0 Å². The quantitative estimate of drug-likeness (QED) is 0.430. The summed E-state index contributed by atoms with van der Waals surface area (Å²) >= 11 is 0. The predicted molar refractivity (Wildman–Crippen MR) is 69.4 cm³/mol. The Kier molecular flexibility index (Phi) is 5.15. The molecule has 1 aliphatic carbocycles. The lowest BCUT2D eigenvalue weighted by Crippen LogP contribution is -2.44. The van der Waals surface area contributed by atoms with Crippen LogP contribution in [-0.2, 0) is 4.79 Å². The van der Waals surface area contributed by atoms with E-state index in [-0.39, 0.29) is 19.1 Å². The molecular weight excluding hydrogens is 248 g/mol. The van der Waals surface area contributed by atoms with Crippen LogP contribution in [0.25, 0.3) is 0 Å². The molecule has 2 fully saturated rings. The fraction of sp³-hybridized carbons (Fsp3) is 0.923. The van der Waals surface area contributed by atoms with Gasteiger partial charge < -0.3 is 26.0 Å². The Morgan fingerprint density at radius 2 is 1.79 bits per heavy atom. The molecule has 0 radical (unpaired) electrons. The Morgan fingerprint density at radius 1 is 1.16 bits per heavy atom. The van der Waals surface area contributed by atoms with Gasteiger partial charge in [0.25, 0.3) is 0 Å². The second kappa shape index (κ2) is 6.65. The highest BCUT2D eigenvalue weighted by atomic mass is 16.3. The van der Waals surface area contributed by atoms with E-state index < -0.39 is 24.3 Å². The van der Waals surface area contributed by atoms with Gasteiger partial charge in [-0.25, -0.2) is 0 Å². The van der Waals surface area contributed by atoms with E-state index in [0.29, 0.717) is 12.3 Å². The van der Waals surface area contributed by atoms with E-state index in [1.54, 1.807) is 0 Å². The van der Waals surface area contributed by atoms with Crippen LogP contribution in [0.5, 0.6) is 0 Å². The van der Waals surface area contributed by atoms with Gasteiger partial charge in [0, 0.05) is 13.0 Å². The molecule has 110 valence electrons. The van der Waals surface area contributed by atoms with Crippen LogP contribution in [0.4, 0.5) is 0 Å². The van der Waals surface area contributed by atoms with Gasteiger partial charge in [-0.1, -0.05) is 12.8 Å². The average molecular weight is 272 g/mol. The van der Waals surface area contributed by atoms with Crippen molar-refractivity contribution in [1.82, 2.24) is 10.6 Å². The van der Waals surface area contributed by atoms with Crippen molar-refractivity contribution in [1.29, 1.82) is 0 Å². The van der Waals surface area contributed by atoms with Gasteiger partial charge in [0.1, 0.15) is 0 Å². The summed E-state index contributed by atoms with van der Waals surface area (Å²) in [4.78, 5) is 11.8. The highest BCUT2D eigenvalue weighted by Crippen LogP contribution is 2.27. The number of hydrogen-bond donors (Lipinski definition) is 5. The van der Waals surface area contributed by atoms with Crippen LogP contribution in [-0.4, -0.2) is 58.7 Å². The molecule has 0 spiro atoms. The number of rotatable bonds is 5. The van der Waals surface area contributed by atoms with Gasteiger partial charge in [-0.05, 0) is 18.8 Å². The van der Waals surface area contributed by atoms with Gasteiger partial charge in [0.2, 0.25) is 5.91 Å². The number of carbonyl (C=O) groups excluding carboxylic acids is 1. The van der Waals surface area contributed by atoms with Gasteiger partial charge in [-0.15, -0.1) is 0 Å². The Labute approximate surface area is 113 Å². The molecule has 1 heterocycles. The largest absolute Gasteiger partial charge is 0.395 e. The Balaban J connectivity index is 1.71. The summed E-state index contributed by atoms with van der Waals surface area (Å²) in [6, 6.07) is -0.925. The van der Waals surface area contributed by atoms with Crippen molar-refractivity contribution in [3.05, 3.63) is 0 Å². The van der Waals surface area contributed by atoms with Crippen LogP contribution in [0.3, 0.4) is 0 Å². The molecule has 2 aliphatic rings. The second-order valence-corrected chi connectivity index (χ2v) is 5.70. The molecule has 2 rings (SSSR count). The van der Waals surface area contributed by atoms with Gasteiger partial charge in [0.15, 0.2) is 0 Å². The summed E-state index contributed by atoms with van der Waals surface area (Å²) in [5, 5.41) is 34.2. The number of amides is 1. The molecule has 0 aromatic heterocycles. The second-order valence-electron chi connectivity index (χ2n) is 5.70. The Hall–Kier alpha value is -0.690. The molecule has 0 aromatic carbocycles. The fourth-order valence-corrected chi connectivity index (χ4v) is 3.06. The van der Waals surface area contributed by atoms with E-state index in [2.05, 4.69) is 10.6 Å². The molecule has 1 saturated carbocycles. The normalized spacial score (nSPS) is 35.7. The first-order valence-corrected chi connectivity index (χ1v) is 7.11. The number of hydrogen-bond acceptors (Lipinski definition) is 5. The topological polar surface area (TPSA) is 102 Å². The Morgan fingerprint density at radius 3 is 2.37 bits per heavy atom. The van der Waals surface area contributed by atoms with Crippen LogP contribution in [0.15, 0.2) is 0 Å². The first-order chi connectivity index (χ1) is 9.11. The third-order valence-corrected chi connectivity index (χ3v) is 4.27. The minimum absolute atomic E-state index is 0.00263. The van der Waals surface area contributed by atoms with Gasteiger partial charge >= 0.3 is 0 Å². The van der Waals surface area contributed by atoms with Crippen molar-refractivity contribution < 1.29 is 20.1 Å². The highest BCUT2D eigenvalue weighted by molar-refractivity contribution is 5.76. The van der Waals surface area contributed by atoms with E-state index in [1.807, 2.05) is 0 Å². The minimum Gasteiger partial charge on any atom is -0.395 e. The SMILES string of the molecule is O=C(CC1CCCC1)NC[C@@H]1N[C@H](CO)[C@H](O)[C@@H]1O. The lowest BCUT2D eigenvalue weighted by molar-refractivity contribution is -0.122. The van der Waals surface area contributed by atoms with Gasteiger partial charge in [-0.3, -0.25) is 4.79 Å². The zero-order valence-corrected chi connectivity index (χ0v) is 11.1. The van der Waals surface area contributed by atoms with Crippen LogP contribution < -0.4 is 10.6 Å². The van der Waals surface area contributed by atoms with Crippen molar-refractivity contribution in [2.45, 2.75) is 56.4 Å². The van der Waals surface area contributed by atoms with E-state index in [9.17, 15) is 15.0 Å². The van der Waals surface area contributed by atoms with Crippen molar-refractivity contribution in [2.24, 2.45) is 5.92 Å². The van der Waals surface area contributed by atoms with Gasteiger partial charge in [0.05, 0.1) is 30.9 Å².